The third-order valence-electron chi connectivity index (χ3n) is 5.65. The highest BCUT2D eigenvalue weighted by Gasteiger charge is 2.40. The first kappa shape index (κ1) is 19.5. The van der Waals surface area contributed by atoms with E-state index in [9.17, 15) is 4.79 Å². The maximum absolute atomic E-state index is 13.1. The predicted molar refractivity (Wildman–Crippen MR) is 111 cm³/mol. The number of rotatable bonds is 3. The number of nitrogens with one attached hydrogen (secondary N) is 1. The Labute approximate surface area is 174 Å². The zero-order valence-electron chi connectivity index (χ0n) is 16.0. The van der Waals surface area contributed by atoms with E-state index in [0.717, 1.165) is 42.9 Å². The number of amides is 1. The Bertz CT molecular complexity index is 1020. The molecule has 2 saturated heterocycles. The molecule has 1 aromatic carbocycles. The standard InChI is InChI=1S/C21H21N5O2.ClH/c1-13-24-20(28-25-13)17-5-6-18(23-11-17)14-3-2-4-15(9-14)21(27)26-8-7-16-10-22-12-19(16)26;/h2-6,9,11,16,19,22H,7-8,10,12H2,1H3;1H/t16-,19+;/m0./s1. The van der Waals surface area contributed by atoms with Crippen LogP contribution in [0.4, 0.5) is 0 Å². The Balaban J connectivity index is 0.00000205. The lowest BCUT2D eigenvalue weighted by Gasteiger charge is -2.23. The molecule has 0 bridgehead atoms. The van der Waals surface area contributed by atoms with E-state index in [0.29, 0.717) is 29.2 Å². The number of pyridine rings is 1. The highest BCUT2D eigenvalue weighted by molar-refractivity contribution is 5.95. The van der Waals surface area contributed by atoms with Crippen LogP contribution in [0.5, 0.6) is 0 Å². The second-order valence-electron chi connectivity index (χ2n) is 7.43. The van der Waals surface area contributed by atoms with Gasteiger partial charge in [-0.15, -0.1) is 12.4 Å². The van der Waals surface area contributed by atoms with E-state index >= 15 is 0 Å². The van der Waals surface area contributed by atoms with Gasteiger partial charge in [-0.25, -0.2) is 0 Å². The van der Waals surface area contributed by atoms with Gasteiger partial charge >= 0.3 is 0 Å². The molecule has 0 spiro atoms. The number of carbonyl (C=O) groups excluding carboxylic acids is 1. The van der Waals surface area contributed by atoms with Crippen LogP contribution in [-0.2, 0) is 0 Å². The second kappa shape index (κ2) is 7.93. The zero-order chi connectivity index (χ0) is 19.1. The number of hydrogen-bond donors (Lipinski definition) is 1. The largest absolute Gasteiger partial charge is 0.334 e. The van der Waals surface area contributed by atoms with Crippen molar-refractivity contribution < 1.29 is 9.32 Å². The third kappa shape index (κ3) is 3.63. The maximum Gasteiger partial charge on any atom is 0.259 e. The molecule has 0 saturated carbocycles. The number of carbonyl (C=O) groups is 1. The van der Waals surface area contributed by atoms with Crippen molar-refractivity contribution in [3.05, 3.63) is 54.0 Å². The molecule has 1 N–H and O–H groups in total. The number of fused-ring (bicyclic) bond motifs is 1. The monoisotopic (exact) mass is 411 g/mol. The van der Waals surface area contributed by atoms with Crippen molar-refractivity contribution in [3.63, 3.8) is 0 Å². The topological polar surface area (TPSA) is 84.2 Å². The van der Waals surface area contributed by atoms with Crippen LogP contribution >= 0.6 is 12.4 Å². The second-order valence-corrected chi connectivity index (χ2v) is 7.43. The van der Waals surface area contributed by atoms with Gasteiger partial charge < -0.3 is 14.7 Å². The molecule has 2 aliphatic heterocycles. The molecule has 3 aromatic rings. The van der Waals surface area contributed by atoms with Crippen LogP contribution in [0.2, 0.25) is 0 Å². The van der Waals surface area contributed by atoms with E-state index in [1.165, 1.54) is 0 Å². The summed E-state index contributed by atoms with van der Waals surface area (Å²) in [5.74, 6) is 1.74. The van der Waals surface area contributed by atoms with Crippen LogP contribution in [0, 0.1) is 12.8 Å². The summed E-state index contributed by atoms with van der Waals surface area (Å²) in [5.41, 5.74) is 3.20. The van der Waals surface area contributed by atoms with Crippen molar-refractivity contribution >= 4 is 18.3 Å². The van der Waals surface area contributed by atoms with Gasteiger partial charge in [-0.3, -0.25) is 9.78 Å². The fourth-order valence-electron chi connectivity index (χ4n) is 4.18. The van der Waals surface area contributed by atoms with E-state index in [4.69, 9.17) is 4.52 Å². The number of aryl methyl sites for hydroxylation is 1. The van der Waals surface area contributed by atoms with Gasteiger partial charge in [0.1, 0.15) is 0 Å². The zero-order valence-corrected chi connectivity index (χ0v) is 16.9. The fourth-order valence-corrected chi connectivity index (χ4v) is 4.18. The maximum atomic E-state index is 13.1. The highest BCUT2D eigenvalue weighted by atomic mass is 35.5. The van der Waals surface area contributed by atoms with Crippen molar-refractivity contribution in [2.45, 2.75) is 19.4 Å². The fraction of sp³-hybridized carbons (Fsp3) is 0.333. The van der Waals surface area contributed by atoms with Gasteiger partial charge in [0.05, 0.1) is 11.3 Å². The minimum Gasteiger partial charge on any atom is -0.334 e. The number of hydrogen-bond acceptors (Lipinski definition) is 6. The van der Waals surface area contributed by atoms with E-state index in [2.05, 4.69) is 20.4 Å². The van der Waals surface area contributed by atoms with Crippen LogP contribution in [0.15, 0.2) is 47.1 Å². The Kier molecular flexibility index (Phi) is 5.34. The minimum atomic E-state index is 0. The molecular formula is C21H22ClN5O2. The predicted octanol–water partition coefficient (Wildman–Crippen LogP) is 2.96. The van der Waals surface area contributed by atoms with E-state index in [-0.39, 0.29) is 18.3 Å². The van der Waals surface area contributed by atoms with Gasteiger partial charge in [-0.1, -0.05) is 17.3 Å². The minimum absolute atomic E-state index is 0. The van der Waals surface area contributed by atoms with Gasteiger partial charge in [0, 0.05) is 43.0 Å². The van der Waals surface area contributed by atoms with Crippen molar-refractivity contribution in [1.82, 2.24) is 25.3 Å². The normalized spacial score (nSPS) is 20.4. The lowest BCUT2D eigenvalue weighted by Crippen LogP contribution is -2.39. The molecular weight excluding hydrogens is 390 g/mol. The highest BCUT2D eigenvalue weighted by Crippen LogP contribution is 2.29. The van der Waals surface area contributed by atoms with Crippen LogP contribution in [0.1, 0.15) is 22.6 Å². The SMILES string of the molecule is Cc1noc(-c2ccc(-c3cccc(C(=O)N4CC[C@H]5CNC[C@H]54)c3)nc2)n1.Cl. The first-order valence-electron chi connectivity index (χ1n) is 9.58. The summed E-state index contributed by atoms with van der Waals surface area (Å²) in [4.78, 5) is 23.8. The number of aromatic nitrogens is 3. The lowest BCUT2D eigenvalue weighted by molar-refractivity contribution is 0.0737. The molecule has 0 aliphatic carbocycles. The Morgan fingerprint density at radius 3 is 2.86 bits per heavy atom. The number of halogens is 1. The van der Waals surface area contributed by atoms with Crippen LogP contribution in [-0.4, -0.2) is 51.6 Å². The van der Waals surface area contributed by atoms with Crippen LogP contribution in [0.25, 0.3) is 22.7 Å². The third-order valence-corrected chi connectivity index (χ3v) is 5.65. The number of benzene rings is 1. The number of likely N-dealkylation sites (tertiary alicyclic amines) is 1. The Hall–Kier alpha value is -2.77. The first-order chi connectivity index (χ1) is 13.7. The molecule has 29 heavy (non-hydrogen) atoms. The van der Waals surface area contributed by atoms with Gasteiger partial charge in [0.2, 0.25) is 0 Å². The van der Waals surface area contributed by atoms with Crippen molar-refractivity contribution in [2.24, 2.45) is 5.92 Å². The summed E-state index contributed by atoms with van der Waals surface area (Å²) >= 11 is 0. The molecule has 2 fully saturated rings. The molecule has 0 radical (unpaired) electrons. The average molecular weight is 412 g/mol. The molecule has 8 heteroatoms. The summed E-state index contributed by atoms with van der Waals surface area (Å²) in [6, 6.07) is 11.8. The summed E-state index contributed by atoms with van der Waals surface area (Å²) in [5, 5.41) is 7.20. The van der Waals surface area contributed by atoms with E-state index in [1.54, 1.807) is 13.1 Å². The van der Waals surface area contributed by atoms with Crippen LogP contribution in [0.3, 0.4) is 0 Å². The number of nitrogens with zero attached hydrogens (tertiary/aromatic N) is 4. The smallest absolute Gasteiger partial charge is 0.259 e. The van der Waals surface area contributed by atoms with Gasteiger partial charge in [-0.05, 0) is 43.5 Å². The average Bonchev–Trinajstić information content (AvgIpc) is 3.45. The van der Waals surface area contributed by atoms with E-state index < -0.39 is 0 Å². The summed E-state index contributed by atoms with van der Waals surface area (Å²) < 4.78 is 5.18. The molecule has 4 heterocycles. The quantitative estimate of drug-likeness (QED) is 0.713. The summed E-state index contributed by atoms with van der Waals surface area (Å²) in [6.45, 7) is 4.54. The van der Waals surface area contributed by atoms with Crippen molar-refractivity contribution in [2.75, 3.05) is 19.6 Å². The lowest BCUT2D eigenvalue weighted by atomic mass is 10.0. The summed E-state index contributed by atoms with van der Waals surface area (Å²) in [7, 11) is 0. The molecule has 5 rings (SSSR count). The molecule has 2 aromatic heterocycles. The molecule has 150 valence electrons. The molecule has 1 amide bonds. The first-order valence-corrected chi connectivity index (χ1v) is 9.58. The van der Waals surface area contributed by atoms with E-state index in [1.807, 2.05) is 41.3 Å². The van der Waals surface area contributed by atoms with Crippen molar-refractivity contribution in [3.8, 4) is 22.7 Å². The van der Waals surface area contributed by atoms with Gasteiger partial charge in [0.15, 0.2) is 5.82 Å². The van der Waals surface area contributed by atoms with Gasteiger partial charge in [0.25, 0.3) is 11.8 Å². The van der Waals surface area contributed by atoms with Crippen molar-refractivity contribution in [1.29, 1.82) is 0 Å². The summed E-state index contributed by atoms with van der Waals surface area (Å²) in [6.07, 6.45) is 2.80. The molecule has 0 unspecified atom stereocenters. The Morgan fingerprint density at radius 1 is 1.21 bits per heavy atom. The van der Waals surface area contributed by atoms with Crippen LogP contribution < -0.4 is 5.32 Å². The Morgan fingerprint density at radius 2 is 2.10 bits per heavy atom. The van der Waals surface area contributed by atoms with Gasteiger partial charge in [-0.2, -0.15) is 4.98 Å². The molecule has 2 atom stereocenters. The molecule has 7 nitrogen and oxygen atoms in total. The molecule has 2 aliphatic rings.